The number of pyridine rings is 1. The molecule has 0 atom stereocenters. The predicted molar refractivity (Wildman–Crippen MR) is 69.4 cm³/mol. The highest BCUT2D eigenvalue weighted by Crippen LogP contribution is 2.12. The van der Waals surface area contributed by atoms with Crippen LogP contribution in [0.1, 0.15) is 0 Å². The van der Waals surface area contributed by atoms with Crippen molar-refractivity contribution in [3.8, 4) is 11.6 Å². The Morgan fingerprint density at radius 1 is 0.882 bits per heavy atom. The standard InChI is InChI=1S/C13H12BrNO2/c14-12-7-4-8-13(15-12)17-10-9-16-11-5-2-1-3-6-11/h1-8H,9-10H2. The molecule has 0 unspecified atom stereocenters. The van der Waals surface area contributed by atoms with Gasteiger partial charge in [-0.1, -0.05) is 24.3 Å². The van der Waals surface area contributed by atoms with Gasteiger partial charge < -0.3 is 9.47 Å². The fourth-order valence-electron chi connectivity index (χ4n) is 1.29. The van der Waals surface area contributed by atoms with E-state index in [0.29, 0.717) is 19.1 Å². The largest absolute Gasteiger partial charge is 0.490 e. The maximum Gasteiger partial charge on any atom is 0.214 e. The molecule has 2 aromatic rings. The molecule has 0 fully saturated rings. The molecule has 0 aliphatic rings. The maximum atomic E-state index is 5.49. The molecule has 0 amide bonds. The van der Waals surface area contributed by atoms with Crippen molar-refractivity contribution in [1.82, 2.24) is 4.98 Å². The number of para-hydroxylation sites is 1. The van der Waals surface area contributed by atoms with Crippen LogP contribution in [0.25, 0.3) is 0 Å². The second kappa shape index (κ2) is 6.25. The van der Waals surface area contributed by atoms with Gasteiger partial charge in [0.1, 0.15) is 23.6 Å². The van der Waals surface area contributed by atoms with Gasteiger partial charge in [-0.15, -0.1) is 0 Å². The molecule has 1 aromatic heterocycles. The summed E-state index contributed by atoms with van der Waals surface area (Å²) in [6.45, 7) is 0.969. The van der Waals surface area contributed by atoms with Crippen molar-refractivity contribution in [2.75, 3.05) is 13.2 Å². The Labute approximate surface area is 109 Å². The van der Waals surface area contributed by atoms with Crippen LogP contribution in [0.15, 0.2) is 53.1 Å². The Balaban J connectivity index is 1.73. The van der Waals surface area contributed by atoms with E-state index in [1.807, 2.05) is 48.5 Å². The van der Waals surface area contributed by atoms with Crippen LogP contribution < -0.4 is 9.47 Å². The van der Waals surface area contributed by atoms with Crippen molar-refractivity contribution in [3.63, 3.8) is 0 Å². The third kappa shape index (κ3) is 4.07. The third-order valence-electron chi connectivity index (χ3n) is 2.03. The fraction of sp³-hybridized carbons (Fsp3) is 0.154. The van der Waals surface area contributed by atoms with E-state index in [2.05, 4.69) is 20.9 Å². The molecule has 0 saturated carbocycles. The van der Waals surface area contributed by atoms with E-state index in [4.69, 9.17) is 9.47 Å². The van der Waals surface area contributed by atoms with Gasteiger partial charge in [0.15, 0.2) is 0 Å². The van der Waals surface area contributed by atoms with Crippen LogP contribution in [-0.4, -0.2) is 18.2 Å². The summed E-state index contributed by atoms with van der Waals surface area (Å²) in [5.41, 5.74) is 0. The average molecular weight is 294 g/mol. The number of hydrogen-bond donors (Lipinski definition) is 0. The maximum absolute atomic E-state index is 5.49. The number of benzene rings is 1. The molecule has 3 nitrogen and oxygen atoms in total. The topological polar surface area (TPSA) is 31.4 Å². The summed E-state index contributed by atoms with van der Waals surface area (Å²) in [5.74, 6) is 1.44. The van der Waals surface area contributed by atoms with Gasteiger partial charge in [0.05, 0.1) is 0 Å². The molecule has 0 aliphatic carbocycles. The first-order chi connectivity index (χ1) is 8.34. The number of hydrogen-bond acceptors (Lipinski definition) is 3. The van der Waals surface area contributed by atoms with Crippen molar-refractivity contribution in [3.05, 3.63) is 53.1 Å². The van der Waals surface area contributed by atoms with Gasteiger partial charge in [0.2, 0.25) is 5.88 Å². The summed E-state index contributed by atoms with van der Waals surface area (Å²) < 4.78 is 11.7. The monoisotopic (exact) mass is 293 g/mol. The minimum Gasteiger partial charge on any atom is -0.490 e. The Morgan fingerprint density at radius 2 is 1.65 bits per heavy atom. The molecule has 0 radical (unpaired) electrons. The van der Waals surface area contributed by atoms with Crippen molar-refractivity contribution < 1.29 is 9.47 Å². The molecule has 17 heavy (non-hydrogen) atoms. The number of ether oxygens (including phenoxy) is 2. The van der Waals surface area contributed by atoms with Crippen LogP contribution in [-0.2, 0) is 0 Å². The minimum absolute atomic E-state index is 0.471. The van der Waals surface area contributed by atoms with E-state index in [1.165, 1.54) is 0 Å². The molecular formula is C13H12BrNO2. The Bertz CT molecular complexity index is 462. The van der Waals surface area contributed by atoms with Crippen LogP contribution in [0.3, 0.4) is 0 Å². The van der Waals surface area contributed by atoms with E-state index < -0.39 is 0 Å². The van der Waals surface area contributed by atoms with Gasteiger partial charge in [-0.3, -0.25) is 0 Å². The lowest BCUT2D eigenvalue weighted by molar-refractivity contribution is 0.211. The lowest BCUT2D eigenvalue weighted by Crippen LogP contribution is -2.09. The van der Waals surface area contributed by atoms with Gasteiger partial charge in [-0.05, 0) is 34.1 Å². The molecule has 88 valence electrons. The molecule has 1 heterocycles. The fourth-order valence-corrected chi connectivity index (χ4v) is 1.62. The first kappa shape index (κ1) is 11.9. The van der Waals surface area contributed by atoms with E-state index in [0.717, 1.165) is 10.4 Å². The van der Waals surface area contributed by atoms with Crippen molar-refractivity contribution in [2.24, 2.45) is 0 Å². The number of nitrogens with zero attached hydrogens (tertiary/aromatic N) is 1. The quantitative estimate of drug-likeness (QED) is 0.626. The predicted octanol–water partition coefficient (Wildman–Crippen LogP) is 3.30. The lowest BCUT2D eigenvalue weighted by Gasteiger charge is -2.07. The summed E-state index contributed by atoms with van der Waals surface area (Å²) in [5, 5.41) is 0. The number of halogens is 1. The van der Waals surface area contributed by atoms with Gasteiger partial charge in [-0.2, -0.15) is 0 Å². The molecular weight excluding hydrogens is 282 g/mol. The van der Waals surface area contributed by atoms with Crippen LogP contribution >= 0.6 is 15.9 Å². The SMILES string of the molecule is Brc1cccc(OCCOc2ccccc2)n1. The Kier molecular flexibility index (Phi) is 4.38. The first-order valence-corrected chi connectivity index (χ1v) is 6.07. The second-order valence-electron chi connectivity index (χ2n) is 3.31. The number of rotatable bonds is 5. The van der Waals surface area contributed by atoms with Crippen LogP contribution in [0.2, 0.25) is 0 Å². The molecule has 4 heteroatoms. The summed E-state index contributed by atoms with van der Waals surface area (Å²) in [6.07, 6.45) is 0. The molecule has 0 saturated heterocycles. The van der Waals surface area contributed by atoms with Crippen molar-refractivity contribution in [1.29, 1.82) is 0 Å². The van der Waals surface area contributed by atoms with Crippen LogP contribution in [0.5, 0.6) is 11.6 Å². The highest BCUT2D eigenvalue weighted by atomic mass is 79.9. The second-order valence-corrected chi connectivity index (χ2v) is 4.12. The van der Waals surface area contributed by atoms with Gasteiger partial charge in [0, 0.05) is 6.07 Å². The summed E-state index contributed by atoms with van der Waals surface area (Å²) in [7, 11) is 0. The molecule has 2 rings (SSSR count). The average Bonchev–Trinajstić information content (AvgIpc) is 2.36. The summed E-state index contributed by atoms with van der Waals surface area (Å²) >= 11 is 3.29. The third-order valence-corrected chi connectivity index (χ3v) is 2.48. The summed E-state index contributed by atoms with van der Waals surface area (Å²) in [4.78, 5) is 4.16. The van der Waals surface area contributed by atoms with Crippen molar-refractivity contribution >= 4 is 15.9 Å². The van der Waals surface area contributed by atoms with Crippen LogP contribution in [0.4, 0.5) is 0 Å². The van der Waals surface area contributed by atoms with Gasteiger partial charge in [0.25, 0.3) is 0 Å². The van der Waals surface area contributed by atoms with Gasteiger partial charge >= 0.3 is 0 Å². The zero-order valence-electron chi connectivity index (χ0n) is 9.17. The Morgan fingerprint density at radius 3 is 2.41 bits per heavy atom. The molecule has 0 aliphatic heterocycles. The molecule has 0 N–H and O–H groups in total. The van der Waals surface area contributed by atoms with E-state index in [1.54, 1.807) is 0 Å². The normalized spacial score (nSPS) is 9.94. The van der Waals surface area contributed by atoms with E-state index in [9.17, 15) is 0 Å². The summed E-state index contributed by atoms with van der Waals surface area (Å²) in [6, 6.07) is 15.2. The molecule has 1 aromatic carbocycles. The highest BCUT2D eigenvalue weighted by molar-refractivity contribution is 9.10. The zero-order chi connectivity index (χ0) is 11.9. The minimum atomic E-state index is 0.471. The first-order valence-electron chi connectivity index (χ1n) is 5.28. The lowest BCUT2D eigenvalue weighted by atomic mass is 10.3. The van der Waals surface area contributed by atoms with E-state index in [-0.39, 0.29) is 0 Å². The highest BCUT2D eigenvalue weighted by Gasteiger charge is 1.96. The molecule has 0 spiro atoms. The number of aromatic nitrogens is 1. The zero-order valence-corrected chi connectivity index (χ0v) is 10.8. The van der Waals surface area contributed by atoms with Crippen LogP contribution in [0, 0.1) is 0 Å². The smallest absolute Gasteiger partial charge is 0.214 e. The van der Waals surface area contributed by atoms with Gasteiger partial charge in [-0.25, -0.2) is 4.98 Å². The van der Waals surface area contributed by atoms with Crippen molar-refractivity contribution in [2.45, 2.75) is 0 Å². The Hall–Kier alpha value is -1.55. The van der Waals surface area contributed by atoms with E-state index >= 15 is 0 Å². The molecule has 0 bridgehead atoms.